The van der Waals surface area contributed by atoms with E-state index in [1.54, 1.807) is 19.1 Å². The first-order valence-electron chi connectivity index (χ1n) is 3.03. The van der Waals surface area contributed by atoms with E-state index in [2.05, 4.69) is 0 Å². The summed E-state index contributed by atoms with van der Waals surface area (Å²) in [6, 6.07) is 4.88. The zero-order valence-electron chi connectivity index (χ0n) is 6.00. The van der Waals surface area contributed by atoms with Crippen molar-refractivity contribution in [1.82, 2.24) is 4.73 Å². The molecule has 0 unspecified atom stereocenters. The van der Waals surface area contributed by atoms with Gasteiger partial charge in [-0.25, -0.2) is 0 Å². The Morgan fingerprint density at radius 1 is 1.64 bits per heavy atom. The number of nitriles is 1. The van der Waals surface area contributed by atoms with Crippen LogP contribution in [0, 0.1) is 23.7 Å². The quantitative estimate of drug-likeness (QED) is 0.523. The molecule has 0 aliphatic heterocycles. The van der Waals surface area contributed by atoms with Crippen molar-refractivity contribution in [3.63, 3.8) is 0 Å². The lowest BCUT2D eigenvalue weighted by molar-refractivity contribution is 0.163. The smallest absolute Gasteiger partial charge is 0.178 e. The lowest BCUT2D eigenvalue weighted by Gasteiger charge is -2.01. The molecular formula is C7H7N3O. The van der Waals surface area contributed by atoms with Crippen LogP contribution in [0.1, 0.15) is 11.3 Å². The molecule has 0 amide bonds. The first kappa shape index (κ1) is 7.35. The molecule has 0 radical (unpaired) electrons. The summed E-state index contributed by atoms with van der Waals surface area (Å²) in [5, 5.41) is 24.8. The van der Waals surface area contributed by atoms with Crippen LogP contribution < -0.4 is 5.49 Å². The van der Waals surface area contributed by atoms with Gasteiger partial charge in [0.25, 0.3) is 0 Å². The van der Waals surface area contributed by atoms with Crippen molar-refractivity contribution in [3.8, 4) is 6.07 Å². The Morgan fingerprint density at radius 3 is 2.82 bits per heavy atom. The standard InChI is InChI=1S/C7H7N3O/c1-5-2-3-6(4-8)7(9)10(5)11/h2-3,9,11H,1H3. The zero-order chi connectivity index (χ0) is 8.43. The van der Waals surface area contributed by atoms with Crippen LogP contribution in [0.15, 0.2) is 12.1 Å². The van der Waals surface area contributed by atoms with Crippen LogP contribution in [-0.2, 0) is 0 Å². The van der Waals surface area contributed by atoms with Crippen molar-refractivity contribution in [1.29, 1.82) is 10.7 Å². The average Bonchev–Trinajstić information content (AvgIpc) is 2.01. The van der Waals surface area contributed by atoms with Crippen molar-refractivity contribution in [2.75, 3.05) is 0 Å². The molecule has 1 rings (SSSR count). The maximum Gasteiger partial charge on any atom is 0.178 e. The third-order valence-electron chi connectivity index (χ3n) is 1.41. The van der Waals surface area contributed by atoms with Gasteiger partial charge in [-0.1, -0.05) is 0 Å². The van der Waals surface area contributed by atoms with Gasteiger partial charge in [0.15, 0.2) is 5.49 Å². The Bertz CT molecular complexity index is 372. The van der Waals surface area contributed by atoms with Gasteiger partial charge in [0, 0.05) is 0 Å². The Labute approximate surface area is 63.4 Å². The number of aromatic nitrogens is 1. The minimum atomic E-state index is -0.174. The van der Waals surface area contributed by atoms with Crippen LogP contribution in [0.25, 0.3) is 0 Å². The Morgan fingerprint density at radius 2 is 2.27 bits per heavy atom. The van der Waals surface area contributed by atoms with Crippen LogP contribution in [0.3, 0.4) is 0 Å². The molecule has 0 saturated carbocycles. The molecule has 0 fully saturated rings. The molecule has 0 aromatic carbocycles. The van der Waals surface area contributed by atoms with E-state index in [1.807, 2.05) is 0 Å². The van der Waals surface area contributed by atoms with E-state index in [4.69, 9.17) is 15.9 Å². The number of aryl methyl sites for hydroxylation is 1. The van der Waals surface area contributed by atoms with E-state index in [9.17, 15) is 0 Å². The molecule has 0 saturated heterocycles. The van der Waals surface area contributed by atoms with Gasteiger partial charge in [0.1, 0.15) is 6.07 Å². The lowest BCUT2D eigenvalue weighted by Crippen LogP contribution is -2.22. The molecular weight excluding hydrogens is 142 g/mol. The Balaban J connectivity index is 3.53. The highest BCUT2D eigenvalue weighted by Gasteiger charge is 1.98. The predicted octanol–water partition coefficient (Wildman–Crippen LogP) is 0.385. The van der Waals surface area contributed by atoms with Crippen LogP contribution in [0.4, 0.5) is 0 Å². The van der Waals surface area contributed by atoms with Gasteiger partial charge >= 0.3 is 0 Å². The highest BCUT2D eigenvalue weighted by molar-refractivity contribution is 5.25. The summed E-state index contributed by atoms with van der Waals surface area (Å²) in [5.74, 6) is 0. The third-order valence-corrected chi connectivity index (χ3v) is 1.41. The van der Waals surface area contributed by atoms with Crippen LogP contribution in [0.5, 0.6) is 0 Å². The second kappa shape index (κ2) is 2.46. The molecule has 56 valence electrons. The van der Waals surface area contributed by atoms with Crippen molar-refractivity contribution in [2.45, 2.75) is 6.92 Å². The molecule has 0 spiro atoms. The maximum atomic E-state index is 9.10. The van der Waals surface area contributed by atoms with Gasteiger partial charge in [-0.15, -0.1) is 0 Å². The van der Waals surface area contributed by atoms with Gasteiger partial charge in [-0.2, -0.15) is 9.99 Å². The van der Waals surface area contributed by atoms with Gasteiger partial charge in [0.05, 0.1) is 11.3 Å². The number of pyridine rings is 1. The van der Waals surface area contributed by atoms with Gasteiger partial charge in [-0.3, -0.25) is 5.41 Å². The largest absolute Gasteiger partial charge is 0.427 e. The van der Waals surface area contributed by atoms with E-state index < -0.39 is 0 Å². The van der Waals surface area contributed by atoms with E-state index in [0.29, 0.717) is 10.4 Å². The van der Waals surface area contributed by atoms with Crippen molar-refractivity contribution < 1.29 is 5.21 Å². The molecule has 4 heteroatoms. The first-order chi connectivity index (χ1) is 5.16. The molecule has 0 bridgehead atoms. The van der Waals surface area contributed by atoms with E-state index >= 15 is 0 Å². The lowest BCUT2D eigenvalue weighted by atomic mass is 10.3. The summed E-state index contributed by atoms with van der Waals surface area (Å²) in [7, 11) is 0. The summed E-state index contributed by atoms with van der Waals surface area (Å²) < 4.78 is 0.679. The summed E-state index contributed by atoms with van der Waals surface area (Å²) in [5.41, 5.74) is 0.527. The zero-order valence-corrected chi connectivity index (χ0v) is 6.00. The van der Waals surface area contributed by atoms with Gasteiger partial charge in [-0.05, 0) is 19.1 Å². The highest BCUT2D eigenvalue weighted by atomic mass is 16.5. The topological polar surface area (TPSA) is 72.8 Å². The normalized spacial score (nSPS) is 9.09. The summed E-state index contributed by atoms with van der Waals surface area (Å²) in [6.07, 6.45) is 0. The van der Waals surface area contributed by atoms with Crippen molar-refractivity contribution in [2.24, 2.45) is 0 Å². The number of hydrogen-bond acceptors (Lipinski definition) is 3. The molecule has 2 N–H and O–H groups in total. The molecule has 0 atom stereocenters. The SMILES string of the molecule is Cc1ccc(C#N)c(=N)n1O. The summed E-state index contributed by atoms with van der Waals surface area (Å²) in [6.45, 7) is 1.65. The fourth-order valence-electron chi connectivity index (χ4n) is 0.734. The number of nitrogens with one attached hydrogen (secondary N) is 1. The monoisotopic (exact) mass is 149 g/mol. The van der Waals surface area contributed by atoms with E-state index in [1.165, 1.54) is 6.07 Å². The molecule has 4 nitrogen and oxygen atoms in total. The second-order valence-electron chi connectivity index (χ2n) is 2.16. The highest BCUT2D eigenvalue weighted by Crippen LogP contribution is 1.93. The number of hydrogen-bond donors (Lipinski definition) is 2. The Kier molecular flexibility index (Phi) is 1.65. The van der Waals surface area contributed by atoms with Gasteiger partial charge in [0.2, 0.25) is 0 Å². The fraction of sp³-hybridized carbons (Fsp3) is 0.143. The molecule has 1 aromatic heterocycles. The van der Waals surface area contributed by atoms with Crippen LogP contribution >= 0.6 is 0 Å². The third kappa shape index (κ3) is 1.08. The van der Waals surface area contributed by atoms with Crippen molar-refractivity contribution >= 4 is 0 Å². The molecule has 0 aliphatic carbocycles. The van der Waals surface area contributed by atoms with Gasteiger partial charge < -0.3 is 5.21 Å². The van der Waals surface area contributed by atoms with E-state index in [-0.39, 0.29) is 11.1 Å². The molecule has 1 heterocycles. The van der Waals surface area contributed by atoms with Crippen LogP contribution in [0.2, 0.25) is 0 Å². The predicted molar refractivity (Wildman–Crippen MR) is 36.9 cm³/mol. The fourth-order valence-corrected chi connectivity index (χ4v) is 0.734. The van der Waals surface area contributed by atoms with Crippen molar-refractivity contribution in [3.05, 3.63) is 28.9 Å². The molecule has 11 heavy (non-hydrogen) atoms. The number of nitrogens with zero attached hydrogens (tertiary/aromatic N) is 2. The maximum absolute atomic E-state index is 9.10. The average molecular weight is 149 g/mol. The molecule has 1 aromatic rings. The minimum absolute atomic E-state index is 0.165. The Hall–Kier alpha value is -1.76. The number of rotatable bonds is 0. The van der Waals surface area contributed by atoms with E-state index in [0.717, 1.165) is 0 Å². The summed E-state index contributed by atoms with van der Waals surface area (Å²) >= 11 is 0. The second-order valence-corrected chi connectivity index (χ2v) is 2.16. The first-order valence-corrected chi connectivity index (χ1v) is 3.03. The summed E-state index contributed by atoms with van der Waals surface area (Å²) in [4.78, 5) is 0. The molecule has 0 aliphatic rings. The van der Waals surface area contributed by atoms with Crippen LogP contribution in [-0.4, -0.2) is 9.94 Å². The minimum Gasteiger partial charge on any atom is -0.427 e.